The number of hydrogen-bond acceptors (Lipinski definition) is 3. The lowest BCUT2D eigenvalue weighted by Crippen LogP contribution is -2.03. The molecule has 0 aliphatic heterocycles. The number of nitrogens with zero attached hydrogens (tertiary/aromatic N) is 2. The van der Waals surface area contributed by atoms with Crippen molar-refractivity contribution in [2.45, 2.75) is 12.5 Å². The van der Waals surface area contributed by atoms with E-state index in [9.17, 15) is 5.11 Å². The fraction of sp³-hybridized carbons (Fsp3) is 0.154. The van der Waals surface area contributed by atoms with Gasteiger partial charge in [0.05, 0.1) is 11.8 Å². The fourth-order valence-electron chi connectivity index (χ4n) is 1.95. The van der Waals surface area contributed by atoms with E-state index >= 15 is 0 Å². The van der Waals surface area contributed by atoms with Crippen LogP contribution in [0.1, 0.15) is 17.4 Å². The third-order valence-corrected chi connectivity index (χ3v) is 4.56. The molecule has 3 nitrogen and oxygen atoms in total. The van der Waals surface area contributed by atoms with E-state index in [1.165, 1.54) is 0 Å². The van der Waals surface area contributed by atoms with Gasteiger partial charge >= 0.3 is 0 Å². The molecule has 0 aliphatic carbocycles. The molecule has 1 N–H and O–H groups in total. The molecule has 3 aromatic rings. The van der Waals surface area contributed by atoms with Crippen LogP contribution in [0.3, 0.4) is 0 Å². The number of aromatic nitrogens is 2. The van der Waals surface area contributed by atoms with Gasteiger partial charge in [-0.05, 0) is 17.7 Å². The molecule has 3 rings (SSSR count). The van der Waals surface area contributed by atoms with Crippen LogP contribution in [0, 0.1) is 0 Å². The molecule has 2 aromatic heterocycles. The zero-order valence-corrected chi connectivity index (χ0v) is 12.9. The topological polar surface area (TPSA) is 37.5 Å². The Labute approximate surface area is 127 Å². The molecule has 0 aliphatic rings. The maximum Gasteiger partial charge on any atom is 0.193 e. The van der Waals surface area contributed by atoms with E-state index in [4.69, 9.17) is 11.6 Å². The summed E-state index contributed by atoms with van der Waals surface area (Å²) in [5, 5.41) is 12.9. The van der Waals surface area contributed by atoms with Gasteiger partial charge < -0.3 is 5.11 Å². The molecule has 0 amide bonds. The van der Waals surface area contributed by atoms with Gasteiger partial charge in [0.25, 0.3) is 0 Å². The highest BCUT2D eigenvalue weighted by atomic mass is 79.9. The van der Waals surface area contributed by atoms with Gasteiger partial charge in [0, 0.05) is 33.7 Å². The van der Waals surface area contributed by atoms with Crippen molar-refractivity contribution in [1.82, 2.24) is 9.38 Å². The highest BCUT2D eigenvalue weighted by molar-refractivity contribution is 9.10. The average Bonchev–Trinajstić information content (AvgIpc) is 2.89. The SMILES string of the molecule is OC(Cc1cn2ccsc2n1)c1ccc(Cl)cc1Br. The summed E-state index contributed by atoms with van der Waals surface area (Å²) >= 11 is 10.9. The molecular weight excluding hydrogens is 348 g/mol. The van der Waals surface area contributed by atoms with Crippen LogP contribution in [0.5, 0.6) is 0 Å². The summed E-state index contributed by atoms with van der Waals surface area (Å²) in [5.74, 6) is 0. The van der Waals surface area contributed by atoms with Gasteiger partial charge in [0.15, 0.2) is 4.96 Å². The summed E-state index contributed by atoms with van der Waals surface area (Å²) in [4.78, 5) is 5.41. The average molecular weight is 358 g/mol. The quantitative estimate of drug-likeness (QED) is 0.766. The zero-order chi connectivity index (χ0) is 13.4. The van der Waals surface area contributed by atoms with Crippen LogP contribution in [0.15, 0.2) is 40.4 Å². The van der Waals surface area contributed by atoms with Crippen LogP contribution >= 0.6 is 38.9 Å². The van der Waals surface area contributed by atoms with Crippen molar-refractivity contribution < 1.29 is 5.11 Å². The third kappa shape index (κ3) is 2.69. The Kier molecular flexibility index (Phi) is 3.62. The molecule has 1 aromatic carbocycles. The molecule has 1 unspecified atom stereocenters. The number of thiazole rings is 1. The Bertz CT molecular complexity index is 696. The summed E-state index contributed by atoms with van der Waals surface area (Å²) in [6, 6.07) is 5.39. The molecule has 0 fully saturated rings. The van der Waals surface area contributed by atoms with Gasteiger partial charge in [-0.15, -0.1) is 11.3 Å². The van der Waals surface area contributed by atoms with Crippen molar-refractivity contribution >= 4 is 43.8 Å². The van der Waals surface area contributed by atoms with E-state index in [-0.39, 0.29) is 0 Å². The van der Waals surface area contributed by atoms with Crippen molar-refractivity contribution in [2.24, 2.45) is 0 Å². The monoisotopic (exact) mass is 356 g/mol. The number of benzene rings is 1. The van der Waals surface area contributed by atoms with E-state index < -0.39 is 6.10 Å². The normalized spacial score (nSPS) is 13.0. The number of fused-ring (bicyclic) bond motifs is 1. The van der Waals surface area contributed by atoms with Gasteiger partial charge in [0.2, 0.25) is 0 Å². The lowest BCUT2D eigenvalue weighted by molar-refractivity contribution is 0.176. The second-order valence-electron chi connectivity index (χ2n) is 4.21. The van der Waals surface area contributed by atoms with E-state index in [0.29, 0.717) is 11.4 Å². The van der Waals surface area contributed by atoms with Gasteiger partial charge in [-0.2, -0.15) is 0 Å². The van der Waals surface area contributed by atoms with Gasteiger partial charge in [0.1, 0.15) is 0 Å². The van der Waals surface area contributed by atoms with Gasteiger partial charge in [-0.3, -0.25) is 4.40 Å². The van der Waals surface area contributed by atoms with Crippen molar-refractivity contribution in [3.63, 3.8) is 0 Å². The van der Waals surface area contributed by atoms with Crippen molar-refractivity contribution in [2.75, 3.05) is 0 Å². The minimum Gasteiger partial charge on any atom is -0.388 e. The molecule has 1 atom stereocenters. The fourth-order valence-corrected chi connectivity index (χ4v) is 3.62. The molecule has 98 valence electrons. The van der Waals surface area contributed by atoms with Crippen LogP contribution in [0.4, 0.5) is 0 Å². The Hall–Kier alpha value is -0.880. The Morgan fingerprint density at radius 1 is 1.47 bits per heavy atom. The molecule has 2 heterocycles. The first-order chi connectivity index (χ1) is 9.13. The van der Waals surface area contributed by atoms with Crippen molar-refractivity contribution in [3.8, 4) is 0 Å². The van der Waals surface area contributed by atoms with E-state index in [1.54, 1.807) is 23.5 Å². The van der Waals surface area contributed by atoms with Crippen LogP contribution < -0.4 is 0 Å². The Morgan fingerprint density at radius 2 is 2.32 bits per heavy atom. The molecule has 0 saturated heterocycles. The summed E-state index contributed by atoms with van der Waals surface area (Å²) in [7, 11) is 0. The molecule has 0 spiro atoms. The molecule has 6 heteroatoms. The summed E-state index contributed by atoms with van der Waals surface area (Å²) < 4.78 is 2.78. The number of aliphatic hydroxyl groups excluding tert-OH is 1. The standard InChI is InChI=1S/C13H10BrClN2OS/c14-11-5-8(15)1-2-10(11)12(18)6-9-7-17-3-4-19-13(17)16-9/h1-5,7,12,18H,6H2. The summed E-state index contributed by atoms with van der Waals surface area (Å²) in [6.07, 6.45) is 3.78. The zero-order valence-electron chi connectivity index (χ0n) is 9.75. The van der Waals surface area contributed by atoms with E-state index in [2.05, 4.69) is 20.9 Å². The second kappa shape index (κ2) is 5.25. The van der Waals surface area contributed by atoms with Gasteiger partial charge in [-0.25, -0.2) is 4.98 Å². The number of halogens is 2. The van der Waals surface area contributed by atoms with Crippen LogP contribution in [0.25, 0.3) is 4.96 Å². The first kappa shape index (κ1) is 13.1. The van der Waals surface area contributed by atoms with Crippen LogP contribution in [-0.2, 0) is 6.42 Å². The van der Waals surface area contributed by atoms with Gasteiger partial charge in [-0.1, -0.05) is 33.6 Å². The minimum atomic E-state index is -0.601. The smallest absolute Gasteiger partial charge is 0.193 e. The molecule has 19 heavy (non-hydrogen) atoms. The third-order valence-electron chi connectivity index (χ3n) is 2.87. The highest BCUT2D eigenvalue weighted by Gasteiger charge is 2.14. The lowest BCUT2D eigenvalue weighted by Gasteiger charge is -2.11. The summed E-state index contributed by atoms with van der Waals surface area (Å²) in [5.41, 5.74) is 1.70. The van der Waals surface area contributed by atoms with Crippen LogP contribution in [0.2, 0.25) is 5.02 Å². The highest BCUT2D eigenvalue weighted by Crippen LogP contribution is 2.28. The first-order valence-electron chi connectivity index (χ1n) is 5.67. The van der Waals surface area contributed by atoms with Crippen molar-refractivity contribution in [3.05, 3.63) is 56.7 Å². The number of aliphatic hydroxyl groups is 1. The molecule has 0 saturated carbocycles. The Morgan fingerprint density at radius 3 is 3.05 bits per heavy atom. The second-order valence-corrected chi connectivity index (χ2v) is 6.37. The molecule has 0 radical (unpaired) electrons. The first-order valence-corrected chi connectivity index (χ1v) is 7.72. The maximum atomic E-state index is 10.3. The number of rotatable bonds is 3. The molecule has 0 bridgehead atoms. The van der Waals surface area contributed by atoms with Crippen molar-refractivity contribution in [1.29, 1.82) is 0 Å². The predicted octanol–water partition coefficient (Wildman–Crippen LogP) is 4.09. The van der Waals surface area contributed by atoms with E-state index in [0.717, 1.165) is 20.7 Å². The predicted molar refractivity (Wildman–Crippen MR) is 80.9 cm³/mol. The lowest BCUT2D eigenvalue weighted by atomic mass is 10.1. The van der Waals surface area contributed by atoms with Crippen LogP contribution in [-0.4, -0.2) is 14.5 Å². The number of hydrogen-bond donors (Lipinski definition) is 1. The minimum absolute atomic E-state index is 0.481. The summed E-state index contributed by atoms with van der Waals surface area (Å²) in [6.45, 7) is 0. The van der Waals surface area contributed by atoms with E-state index in [1.807, 2.05) is 28.2 Å². The maximum absolute atomic E-state index is 10.3. The number of imidazole rings is 1. The Balaban J connectivity index is 1.84. The largest absolute Gasteiger partial charge is 0.388 e. The molecular formula is C13H10BrClN2OS.